The molecule has 1 atom stereocenters. The summed E-state index contributed by atoms with van der Waals surface area (Å²) in [6, 6.07) is 4.65. The number of rotatable bonds is 1. The highest BCUT2D eigenvalue weighted by molar-refractivity contribution is 9.10. The minimum absolute atomic E-state index is 0.226. The summed E-state index contributed by atoms with van der Waals surface area (Å²) in [5.74, 6) is -1.02. The third-order valence-corrected chi connectivity index (χ3v) is 4.39. The van der Waals surface area contributed by atoms with Gasteiger partial charge in [-0.1, -0.05) is 0 Å². The molecule has 3 amide bonds. The number of hydrogen-bond donors (Lipinski definition) is 1. The second kappa shape index (κ2) is 4.97. The molecule has 0 aliphatic carbocycles. The van der Waals surface area contributed by atoms with Crippen molar-refractivity contribution in [3.05, 3.63) is 33.3 Å². The molecule has 3 rings (SSSR count). The fourth-order valence-electron chi connectivity index (χ4n) is 2.67. The third-order valence-electron chi connectivity index (χ3n) is 3.73. The summed E-state index contributed by atoms with van der Waals surface area (Å²) in [7, 11) is 0. The van der Waals surface area contributed by atoms with Gasteiger partial charge in [-0.25, -0.2) is 0 Å². The maximum atomic E-state index is 12.4. The highest BCUT2D eigenvalue weighted by Gasteiger charge is 2.39. The maximum Gasteiger partial charge on any atom is 0.255 e. The average molecular weight is 348 g/mol. The van der Waals surface area contributed by atoms with Crippen molar-refractivity contribution in [1.82, 2.24) is 10.2 Å². The first-order valence-corrected chi connectivity index (χ1v) is 7.17. The Morgan fingerprint density at radius 3 is 2.76 bits per heavy atom. The molecular weight excluding hydrogens is 338 g/mol. The van der Waals surface area contributed by atoms with Crippen LogP contribution in [-0.2, 0) is 16.1 Å². The Labute approximate surface area is 128 Å². The first-order valence-electron chi connectivity index (χ1n) is 6.38. The molecule has 7 heteroatoms. The zero-order valence-corrected chi connectivity index (χ0v) is 12.4. The zero-order chi connectivity index (χ0) is 15.1. The molecule has 1 fully saturated rings. The standard InChI is InChI=1S/C14H10BrN3O3/c15-10-4-8-6-18(11-1-2-12(19)17-13(11)20)14(21)9(8)3-7(10)5-16/h3-4,11H,1-2,6H2,(H,17,19,20). The highest BCUT2D eigenvalue weighted by atomic mass is 79.9. The van der Waals surface area contributed by atoms with Gasteiger partial charge in [0.1, 0.15) is 12.1 Å². The molecular formula is C14H10BrN3O3. The van der Waals surface area contributed by atoms with E-state index in [0.717, 1.165) is 5.56 Å². The fourth-order valence-corrected chi connectivity index (χ4v) is 3.15. The van der Waals surface area contributed by atoms with E-state index in [9.17, 15) is 14.4 Å². The summed E-state index contributed by atoms with van der Waals surface area (Å²) in [6.45, 7) is 0.310. The molecule has 6 nitrogen and oxygen atoms in total. The quantitative estimate of drug-likeness (QED) is 0.769. The van der Waals surface area contributed by atoms with Crippen LogP contribution in [0.1, 0.15) is 34.3 Å². The Balaban J connectivity index is 1.92. The van der Waals surface area contributed by atoms with Gasteiger partial charge in [0.05, 0.1) is 5.56 Å². The Morgan fingerprint density at radius 1 is 1.33 bits per heavy atom. The lowest BCUT2D eigenvalue weighted by Crippen LogP contribution is -2.52. The van der Waals surface area contributed by atoms with E-state index in [1.54, 1.807) is 6.07 Å². The minimum Gasteiger partial charge on any atom is -0.322 e. The average Bonchev–Trinajstić information content (AvgIpc) is 2.74. The predicted molar refractivity (Wildman–Crippen MR) is 74.9 cm³/mol. The van der Waals surface area contributed by atoms with Crippen LogP contribution >= 0.6 is 15.9 Å². The number of carbonyl (C=O) groups excluding carboxylic acids is 3. The molecule has 0 spiro atoms. The van der Waals surface area contributed by atoms with E-state index in [4.69, 9.17) is 5.26 Å². The normalized spacial score (nSPS) is 21.0. The maximum absolute atomic E-state index is 12.4. The number of nitrogens with zero attached hydrogens (tertiary/aromatic N) is 2. The Kier molecular flexibility index (Phi) is 3.26. The lowest BCUT2D eigenvalue weighted by molar-refractivity contribution is -0.136. The van der Waals surface area contributed by atoms with E-state index in [2.05, 4.69) is 21.2 Å². The van der Waals surface area contributed by atoms with Gasteiger partial charge in [0.15, 0.2) is 0 Å². The number of amides is 3. The van der Waals surface area contributed by atoms with Crippen molar-refractivity contribution < 1.29 is 14.4 Å². The van der Waals surface area contributed by atoms with E-state index in [0.29, 0.717) is 28.6 Å². The smallest absolute Gasteiger partial charge is 0.255 e. The van der Waals surface area contributed by atoms with Gasteiger partial charge < -0.3 is 4.90 Å². The molecule has 0 bridgehead atoms. The van der Waals surface area contributed by atoms with Gasteiger partial charge in [-0.2, -0.15) is 5.26 Å². The lowest BCUT2D eigenvalue weighted by Gasteiger charge is -2.29. The van der Waals surface area contributed by atoms with Crippen LogP contribution in [0.5, 0.6) is 0 Å². The van der Waals surface area contributed by atoms with Crippen LogP contribution in [0.3, 0.4) is 0 Å². The Morgan fingerprint density at radius 2 is 2.10 bits per heavy atom. The number of hydrogen-bond acceptors (Lipinski definition) is 4. The van der Waals surface area contributed by atoms with Gasteiger partial charge in [-0.05, 0) is 40.0 Å². The molecule has 1 unspecified atom stereocenters. The molecule has 2 aliphatic rings. The molecule has 1 N–H and O–H groups in total. The van der Waals surface area contributed by atoms with Crippen molar-refractivity contribution in [2.75, 3.05) is 0 Å². The number of carbonyl (C=O) groups is 3. The van der Waals surface area contributed by atoms with Crippen LogP contribution in [0.2, 0.25) is 0 Å². The third kappa shape index (κ3) is 2.21. The van der Waals surface area contributed by atoms with Crippen molar-refractivity contribution in [2.45, 2.75) is 25.4 Å². The number of imide groups is 1. The van der Waals surface area contributed by atoms with Crippen LogP contribution in [0.25, 0.3) is 0 Å². The number of fused-ring (bicyclic) bond motifs is 1. The van der Waals surface area contributed by atoms with Gasteiger partial charge in [0.25, 0.3) is 5.91 Å². The van der Waals surface area contributed by atoms with Crippen LogP contribution in [0, 0.1) is 11.3 Å². The van der Waals surface area contributed by atoms with Gasteiger partial charge in [0.2, 0.25) is 11.8 Å². The number of nitrogens with one attached hydrogen (secondary N) is 1. The second-order valence-electron chi connectivity index (χ2n) is 5.00. The molecule has 0 radical (unpaired) electrons. The van der Waals surface area contributed by atoms with Gasteiger partial charge in [-0.3, -0.25) is 19.7 Å². The predicted octanol–water partition coefficient (Wildman–Crippen LogP) is 1.08. The summed E-state index contributed by atoms with van der Waals surface area (Å²) < 4.78 is 0.627. The van der Waals surface area contributed by atoms with Crippen molar-refractivity contribution in [2.24, 2.45) is 0 Å². The fraction of sp³-hybridized carbons (Fsp3) is 0.286. The van der Waals surface area contributed by atoms with E-state index < -0.39 is 11.9 Å². The first-order chi connectivity index (χ1) is 10.0. The number of nitriles is 1. The van der Waals surface area contributed by atoms with Crippen molar-refractivity contribution >= 4 is 33.7 Å². The molecule has 0 saturated carbocycles. The zero-order valence-electron chi connectivity index (χ0n) is 10.9. The van der Waals surface area contributed by atoms with E-state index in [-0.39, 0.29) is 18.2 Å². The number of benzene rings is 1. The van der Waals surface area contributed by atoms with E-state index >= 15 is 0 Å². The SMILES string of the molecule is N#Cc1cc2c(cc1Br)CN(C1CCC(=O)NC1=O)C2=O. The van der Waals surface area contributed by atoms with E-state index in [1.165, 1.54) is 11.0 Å². The molecule has 106 valence electrons. The van der Waals surface area contributed by atoms with Crippen LogP contribution in [-0.4, -0.2) is 28.7 Å². The van der Waals surface area contributed by atoms with Gasteiger partial charge in [-0.15, -0.1) is 0 Å². The van der Waals surface area contributed by atoms with Crippen molar-refractivity contribution in [1.29, 1.82) is 5.26 Å². The molecule has 0 aromatic heterocycles. The molecule has 1 saturated heterocycles. The lowest BCUT2D eigenvalue weighted by atomic mass is 10.0. The highest BCUT2D eigenvalue weighted by Crippen LogP contribution is 2.31. The first kappa shape index (κ1) is 13.8. The second-order valence-corrected chi connectivity index (χ2v) is 5.86. The van der Waals surface area contributed by atoms with E-state index in [1.807, 2.05) is 6.07 Å². The number of halogens is 1. The van der Waals surface area contributed by atoms with Crippen LogP contribution in [0.15, 0.2) is 16.6 Å². The summed E-state index contributed by atoms with van der Waals surface area (Å²) in [4.78, 5) is 37.0. The molecule has 1 aromatic carbocycles. The summed E-state index contributed by atoms with van der Waals surface area (Å²) in [5.41, 5.74) is 1.60. The molecule has 2 heterocycles. The van der Waals surface area contributed by atoms with Crippen LogP contribution in [0.4, 0.5) is 0 Å². The largest absolute Gasteiger partial charge is 0.322 e. The summed E-state index contributed by atoms with van der Waals surface area (Å²) in [5, 5.41) is 11.3. The van der Waals surface area contributed by atoms with Crippen molar-refractivity contribution in [3.63, 3.8) is 0 Å². The summed E-state index contributed by atoms with van der Waals surface area (Å²) in [6.07, 6.45) is 0.556. The van der Waals surface area contributed by atoms with Crippen LogP contribution < -0.4 is 5.32 Å². The topological polar surface area (TPSA) is 90.3 Å². The summed E-state index contributed by atoms with van der Waals surface area (Å²) >= 11 is 3.29. The molecule has 2 aliphatic heterocycles. The van der Waals surface area contributed by atoms with Gasteiger partial charge in [0, 0.05) is 23.0 Å². The van der Waals surface area contributed by atoms with Gasteiger partial charge >= 0.3 is 0 Å². The van der Waals surface area contributed by atoms with Crippen molar-refractivity contribution in [3.8, 4) is 6.07 Å². The Hall–Kier alpha value is -2.20. The number of piperidine rings is 1. The molecule has 1 aromatic rings. The Bertz CT molecular complexity index is 723. The monoisotopic (exact) mass is 347 g/mol. The molecule has 21 heavy (non-hydrogen) atoms. The minimum atomic E-state index is -0.632.